The summed E-state index contributed by atoms with van der Waals surface area (Å²) in [7, 11) is 1.47. The molecule has 21 heavy (non-hydrogen) atoms. The van der Waals surface area contributed by atoms with Crippen LogP contribution in [0, 0.1) is 16.0 Å². The lowest BCUT2D eigenvalue weighted by atomic mass is 9.99. The van der Waals surface area contributed by atoms with Crippen LogP contribution in [0.1, 0.15) is 24.4 Å². The highest BCUT2D eigenvalue weighted by molar-refractivity contribution is 5.49. The van der Waals surface area contributed by atoms with Gasteiger partial charge in [-0.1, -0.05) is 6.07 Å². The molecule has 1 N–H and O–H groups in total. The largest absolute Gasteiger partial charge is 0.490 e. The fraction of sp³-hybridized carbons (Fsp3) is 0.600. The van der Waals surface area contributed by atoms with Crippen molar-refractivity contribution in [1.82, 2.24) is 10.2 Å². The third-order valence-electron chi connectivity index (χ3n) is 4.35. The topological polar surface area (TPSA) is 67.6 Å². The van der Waals surface area contributed by atoms with Gasteiger partial charge in [-0.25, -0.2) is 0 Å². The van der Waals surface area contributed by atoms with Gasteiger partial charge in [-0.2, -0.15) is 0 Å². The zero-order valence-corrected chi connectivity index (χ0v) is 12.2. The first-order valence-electron chi connectivity index (χ1n) is 7.48. The van der Waals surface area contributed by atoms with Gasteiger partial charge < -0.3 is 10.1 Å². The number of hydrogen-bond acceptors (Lipinski definition) is 5. The van der Waals surface area contributed by atoms with Crippen LogP contribution in [-0.2, 0) is 0 Å². The average Bonchev–Trinajstić information content (AvgIpc) is 3.33. The summed E-state index contributed by atoms with van der Waals surface area (Å²) in [5.41, 5.74) is 1.11. The number of rotatable bonds is 5. The second-order valence-corrected chi connectivity index (χ2v) is 5.76. The van der Waals surface area contributed by atoms with Gasteiger partial charge >= 0.3 is 5.69 Å². The summed E-state index contributed by atoms with van der Waals surface area (Å²) in [6.07, 6.45) is 2.43. The lowest BCUT2D eigenvalue weighted by Gasteiger charge is -2.35. The van der Waals surface area contributed by atoms with E-state index in [9.17, 15) is 10.1 Å². The highest BCUT2D eigenvalue weighted by atomic mass is 16.6. The van der Waals surface area contributed by atoms with Gasteiger partial charge in [0, 0.05) is 38.3 Å². The van der Waals surface area contributed by atoms with E-state index in [-0.39, 0.29) is 10.6 Å². The third-order valence-corrected chi connectivity index (χ3v) is 4.35. The Bertz CT molecular complexity index is 525. The van der Waals surface area contributed by atoms with Crippen molar-refractivity contribution >= 4 is 5.69 Å². The molecule has 0 unspecified atom stereocenters. The lowest BCUT2D eigenvalue weighted by molar-refractivity contribution is -0.385. The predicted molar refractivity (Wildman–Crippen MR) is 79.6 cm³/mol. The summed E-state index contributed by atoms with van der Waals surface area (Å²) in [4.78, 5) is 13.3. The molecule has 1 heterocycles. The highest BCUT2D eigenvalue weighted by Gasteiger charge is 2.37. The Kier molecular flexibility index (Phi) is 4.07. The number of benzene rings is 1. The van der Waals surface area contributed by atoms with E-state index in [1.807, 2.05) is 6.07 Å². The van der Waals surface area contributed by atoms with E-state index in [1.165, 1.54) is 20.0 Å². The Balaban J connectivity index is 1.91. The maximum absolute atomic E-state index is 11.2. The molecule has 1 saturated carbocycles. The van der Waals surface area contributed by atoms with Gasteiger partial charge in [0.15, 0.2) is 5.75 Å². The number of nitrogens with one attached hydrogen (secondary N) is 1. The number of piperazine rings is 1. The minimum atomic E-state index is -0.357. The molecule has 114 valence electrons. The van der Waals surface area contributed by atoms with Gasteiger partial charge in [0.1, 0.15) is 0 Å². The molecule has 2 fully saturated rings. The van der Waals surface area contributed by atoms with Gasteiger partial charge in [0.2, 0.25) is 0 Å². The first kappa shape index (κ1) is 14.3. The molecule has 2 aliphatic rings. The fourth-order valence-corrected chi connectivity index (χ4v) is 3.19. The molecule has 1 atom stereocenters. The third kappa shape index (κ3) is 3.01. The maximum Gasteiger partial charge on any atom is 0.311 e. The summed E-state index contributed by atoms with van der Waals surface area (Å²) in [6, 6.07) is 5.71. The number of methoxy groups -OCH3 is 1. The van der Waals surface area contributed by atoms with E-state index in [0.29, 0.717) is 17.7 Å². The first-order valence-corrected chi connectivity index (χ1v) is 7.48. The van der Waals surface area contributed by atoms with Gasteiger partial charge in [-0.15, -0.1) is 0 Å². The summed E-state index contributed by atoms with van der Waals surface area (Å²) >= 11 is 0. The van der Waals surface area contributed by atoms with Gasteiger partial charge in [-0.05, 0) is 30.4 Å². The molecule has 1 aromatic rings. The second-order valence-electron chi connectivity index (χ2n) is 5.76. The van der Waals surface area contributed by atoms with Gasteiger partial charge in [-0.3, -0.25) is 15.0 Å². The normalized spacial score (nSPS) is 21.0. The van der Waals surface area contributed by atoms with Crippen LogP contribution in [0.25, 0.3) is 0 Å². The predicted octanol–water partition coefficient (Wildman–Crippen LogP) is 1.96. The minimum absolute atomic E-state index is 0.0655. The molecule has 6 heteroatoms. The zero-order valence-electron chi connectivity index (χ0n) is 12.2. The molecular formula is C15H21N3O3. The quantitative estimate of drug-likeness (QED) is 0.663. The molecule has 0 radical (unpaired) electrons. The van der Waals surface area contributed by atoms with Crippen molar-refractivity contribution in [2.45, 2.75) is 18.9 Å². The molecule has 0 bridgehead atoms. The molecule has 0 aromatic heterocycles. The van der Waals surface area contributed by atoms with Crippen LogP contribution < -0.4 is 10.1 Å². The van der Waals surface area contributed by atoms with Crippen molar-refractivity contribution in [3.05, 3.63) is 33.9 Å². The molecule has 0 amide bonds. The molecule has 1 aromatic carbocycles. The smallest absolute Gasteiger partial charge is 0.311 e. The Hall–Kier alpha value is -1.66. The van der Waals surface area contributed by atoms with Gasteiger partial charge in [0.05, 0.1) is 12.0 Å². The number of nitrogens with zero attached hydrogens (tertiary/aromatic N) is 2. The van der Waals surface area contributed by atoms with Crippen molar-refractivity contribution < 1.29 is 9.66 Å². The maximum atomic E-state index is 11.2. The van der Waals surface area contributed by atoms with Crippen LogP contribution in [0.4, 0.5) is 5.69 Å². The monoisotopic (exact) mass is 291 g/mol. The molecule has 0 spiro atoms. The Labute approximate surface area is 124 Å². The number of hydrogen-bond donors (Lipinski definition) is 1. The summed E-state index contributed by atoms with van der Waals surface area (Å²) in [6.45, 7) is 3.98. The van der Waals surface area contributed by atoms with E-state index in [2.05, 4.69) is 10.2 Å². The molecule has 1 saturated heterocycles. The average molecular weight is 291 g/mol. The van der Waals surface area contributed by atoms with Crippen LogP contribution >= 0.6 is 0 Å². The summed E-state index contributed by atoms with van der Waals surface area (Å²) in [5.74, 6) is 0.967. The van der Waals surface area contributed by atoms with E-state index in [1.54, 1.807) is 12.1 Å². The summed E-state index contributed by atoms with van der Waals surface area (Å²) < 4.78 is 5.10. The number of nitro benzene ring substituents is 1. The van der Waals surface area contributed by atoms with E-state index < -0.39 is 0 Å². The number of ether oxygens (including phenoxy) is 1. The van der Waals surface area contributed by atoms with Crippen LogP contribution in [0.15, 0.2) is 18.2 Å². The van der Waals surface area contributed by atoms with E-state index in [4.69, 9.17) is 4.74 Å². The SMILES string of the molecule is COc1ccc([C@@H](C2CC2)N2CCNCC2)cc1[N+](=O)[O-]. The van der Waals surface area contributed by atoms with Crippen molar-refractivity contribution in [3.63, 3.8) is 0 Å². The van der Waals surface area contributed by atoms with Crippen LogP contribution in [0.5, 0.6) is 5.75 Å². The molecule has 3 rings (SSSR count). The standard InChI is InChI=1S/C15H21N3O3/c1-21-14-5-4-12(10-13(14)18(19)20)15(11-2-3-11)17-8-6-16-7-9-17/h4-5,10-11,15-16H,2-3,6-9H2,1H3/t15-/m1/s1. The van der Waals surface area contributed by atoms with Gasteiger partial charge in [0.25, 0.3) is 0 Å². The van der Waals surface area contributed by atoms with E-state index in [0.717, 1.165) is 31.7 Å². The lowest BCUT2D eigenvalue weighted by Crippen LogP contribution is -2.45. The minimum Gasteiger partial charge on any atom is -0.490 e. The highest BCUT2D eigenvalue weighted by Crippen LogP contribution is 2.46. The van der Waals surface area contributed by atoms with Crippen molar-refractivity contribution in [2.24, 2.45) is 5.92 Å². The second kappa shape index (κ2) is 5.99. The Morgan fingerprint density at radius 2 is 2.10 bits per heavy atom. The van der Waals surface area contributed by atoms with Crippen LogP contribution in [-0.4, -0.2) is 43.1 Å². The van der Waals surface area contributed by atoms with Crippen molar-refractivity contribution in [2.75, 3.05) is 33.3 Å². The molecule has 1 aliphatic heterocycles. The Morgan fingerprint density at radius 3 is 2.67 bits per heavy atom. The zero-order chi connectivity index (χ0) is 14.8. The Morgan fingerprint density at radius 1 is 1.38 bits per heavy atom. The van der Waals surface area contributed by atoms with Crippen LogP contribution in [0.3, 0.4) is 0 Å². The first-order chi connectivity index (χ1) is 10.2. The molecular weight excluding hydrogens is 270 g/mol. The summed E-state index contributed by atoms with van der Waals surface area (Å²) in [5, 5.41) is 14.6. The molecule has 1 aliphatic carbocycles. The van der Waals surface area contributed by atoms with Crippen molar-refractivity contribution in [1.29, 1.82) is 0 Å². The number of nitro groups is 1. The fourth-order valence-electron chi connectivity index (χ4n) is 3.19. The molecule has 6 nitrogen and oxygen atoms in total. The van der Waals surface area contributed by atoms with Crippen molar-refractivity contribution in [3.8, 4) is 5.75 Å². The van der Waals surface area contributed by atoms with Crippen LogP contribution in [0.2, 0.25) is 0 Å². The van der Waals surface area contributed by atoms with E-state index >= 15 is 0 Å².